The molecule has 1 unspecified atom stereocenters. The highest BCUT2D eigenvalue weighted by atomic mass is 32.1. The lowest BCUT2D eigenvalue weighted by atomic mass is 10.2. The molecule has 0 radical (unpaired) electrons. The third kappa shape index (κ3) is 2.67. The Hall–Kier alpha value is -1.07. The number of carbonyl (C=O) groups excluding carboxylic acids is 1. The molecular weight excluding hydrogens is 246 g/mol. The molecule has 1 atom stereocenters. The molecule has 1 aliphatic heterocycles. The van der Waals surface area contributed by atoms with Gasteiger partial charge in [-0.2, -0.15) is 0 Å². The third-order valence-corrected chi connectivity index (χ3v) is 4.54. The quantitative estimate of drug-likeness (QED) is 0.906. The topological polar surface area (TPSA) is 49.6 Å². The van der Waals surface area contributed by atoms with Crippen LogP contribution in [0.2, 0.25) is 0 Å². The van der Waals surface area contributed by atoms with E-state index in [1.54, 1.807) is 11.0 Å². The van der Waals surface area contributed by atoms with Gasteiger partial charge in [0.15, 0.2) is 0 Å². The Kier molecular flexibility index (Phi) is 4.24. The monoisotopic (exact) mass is 267 g/mol. The Balaban J connectivity index is 1.98. The minimum atomic E-state index is 0.0467. The highest BCUT2D eigenvalue weighted by Crippen LogP contribution is 2.22. The Morgan fingerprint density at radius 2 is 2.44 bits per heavy atom. The summed E-state index contributed by atoms with van der Waals surface area (Å²) < 4.78 is 0. The molecule has 1 fully saturated rings. The number of carbonyl (C=O) groups is 1. The predicted molar refractivity (Wildman–Crippen MR) is 76.0 cm³/mol. The van der Waals surface area contributed by atoms with E-state index in [0.29, 0.717) is 16.6 Å². The van der Waals surface area contributed by atoms with Crippen LogP contribution in [0.15, 0.2) is 11.4 Å². The summed E-state index contributed by atoms with van der Waals surface area (Å²) in [5.74, 6) is 0.0467. The second-order valence-electron chi connectivity index (χ2n) is 4.82. The third-order valence-electron chi connectivity index (χ3n) is 3.63. The van der Waals surface area contributed by atoms with Crippen LogP contribution in [0.25, 0.3) is 0 Å². The number of thiophene rings is 1. The second-order valence-corrected chi connectivity index (χ2v) is 5.73. The van der Waals surface area contributed by atoms with Gasteiger partial charge >= 0.3 is 0 Å². The Labute approximate surface area is 112 Å². The van der Waals surface area contributed by atoms with Crippen LogP contribution in [-0.4, -0.2) is 48.4 Å². The first kappa shape index (κ1) is 13.4. The molecule has 1 amide bonds. The lowest BCUT2D eigenvalue weighted by Gasteiger charge is -2.27. The van der Waals surface area contributed by atoms with E-state index < -0.39 is 0 Å². The van der Waals surface area contributed by atoms with Gasteiger partial charge in [0.2, 0.25) is 0 Å². The van der Waals surface area contributed by atoms with E-state index in [2.05, 4.69) is 11.8 Å². The second kappa shape index (κ2) is 5.71. The molecule has 0 saturated carbocycles. The van der Waals surface area contributed by atoms with Crippen molar-refractivity contribution < 1.29 is 4.79 Å². The molecule has 0 bridgehead atoms. The number of nitrogen functional groups attached to an aromatic ring is 1. The Morgan fingerprint density at radius 3 is 3.06 bits per heavy atom. The summed E-state index contributed by atoms with van der Waals surface area (Å²) in [6, 6.07) is 2.30. The van der Waals surface area contributed by atoms with Gasteiger partial charge in [-0.25, -0.2) is 0 Å². The van der Waals surface area contributed by atoms with Crippen LogP contribution in [0, 0.1) is 0 Å². The molecule has 1 aromatic heterocycles. The summed E-state index contributed by atoms with van der Waals surface area (Å²) in [6.07, 6.45) is 2.42. The molecule has 0 aromatic carbocycles. The molecule has 1 aromatic rings. The van der Waals surface area contributed by atoms with Crippen LogP contribution in [0.3, 0.4) is 0 Å². The summed E-state index contributed by atoms with van der Waals surface area (Å²) >= 11 is 1.42. The maximum Gasteiger partial charge on any atom is 0.265 e. The van der Waals surface area contributed by atoms with E-state index in [4.69, 9.17) is 5.73 Å². The highest BCUT2D eigenvalue weighted by Gasteiger charge is 2.26. The van der Waals surface area contributed by atoms with Crippen LogP contribution in [0.4, 0.5) is 5.69 Å². The predicted octanol–water partition coefficient (Wildman–Crippen LogP) is 1.89. The van der Waals surface area contributed by atoms with Gasteiger partial charge in [-0.05, 0) is 37.4 Å². The maximum absolute atomic E-state index is 12.2. The fourth-order valence-corrected chi connectivity index (χ4v) is 3.40. The van der Waals surface area contributed by atoms with Gasteiger partial charge in [0.05, 0.1) is 5.69 Å². The first-order chi connectivity index (χ1) is 8.63. The highest BCUT2D eigenvalue weighted by molar-refractivity contribution is 7.12. The smallest absolute Gasteiger partial charge is 0.265 e. The number of hydrogen-bond donors (Lipinski definition) is 1. The minimum Gasteiger partial charge on any atom is -0.397 e. The van der Waals surface area contributed by atoms with Crippen molar-refractivity contribution in [3.05, 3.63) is 16.3 Å². The van der Waals surface area contributed by atoms with Crippen molar-refractivity contribution in [3.63, 3.8) is 0 Å². The molecule has 2 heterocycles. The SMILES string of the molecule is CCN1CCCC1CN(C)C(=O)c1sccc1N. The Bertz CT molecular complexity index is 418. The van der Waals surface area contributed by atoms with Crippen LogP contribution in [0.5, 0.6) is 0 Å². The number of nitrogens with two attached hydrogens (primary N) is 1. The molecule has 100 valence electrons. The van der Waals surface area contributed by atoms with E-state index in [-0.39, 0.29) is 5.91 Å². The van der Waals surface area contributed by atoms with Gasteiger partial charge in [0.25, 0.3) is 5.91 Å². The lowest BCUT2D eigenvalue weighted by Crippen LogP contribution is -2.41. The number of likely N-dealkylation sites (N-methyl/N-ethyl adjacent to an activating group) is 2. The van der Waals surface area contributed by atoms with E-state index in [9.17, 15) is 4.79 Å². The van der Waals surface area contributed by atoms with Crippen molar-refractivity contribution in [2.45, 2.75) is 25.8 Å². The number of nitrogens with zero attached hydrogens (tertiary/aromatic N) is 2. The van der Waals surface area contributed by atoms with Crippen molar-refractivity contribution in [3.8, 4) is 0 Å². The van der Waals surface area contributed by atoms with Crippen molar-refractivity contribution in [2.24, 2.45) is 0 Å². The van der Waals surface area contributed by atoms with Gasteiger partial charge in [-0.1, -0.05) is 6.92 Å². The van der Waals surface area contributed by atoms with Crippen LogP contribution in [-0.2, 0) is 0 Å². The fraction of sp³-hybridized carbons (Fsp3) is 0.615. The van der Waals surface area contributed by atoms with E-state index in [1.807, 2.05) is 12.4 Å². The van der Waals surface area contributed by atoms with Gasteiger partial charge in [-0.3, -0.25) is 9.69 Å². The van der Waals surface area contributed by atoms with E-state index in [0.717, 1.165) is 19.6 Å². The van der Waals surface area contributed by atoms with Crippen LogP contribution >= 0.6 is 11.3 Å². The van der Waals surface area contributed by atoms with Crippen LogP contribution in [0.1, 0.15) is 29.4 Å². The molecule has 1 aliphatic rings. The summed E-state index contributed by atoms with van der Waals surface area (Å²) in [5, 5.41) is 1.87. The molecule has 18 heavy (non-hydrogen) atoms. The average Bonchev–Trinajstić information content (AvgIpc) is 2.96. The molecule has 0 aliphatic carbocycles. The zero-order chi connectivity index (χ0) is 13.1. The van der Waals surface area contributed by atoms with Gasteiger partial charge in [-0.15, -0.1) is 11.3 Å². The summed E-state index contributed by atoms with van der Waals surface area (Å²) in [6.45, 7) is 5.19. The number of amides is 1. The largest absolute Gasteiger partial charge is 0.397 e. The number of hydrogen-bond acceptors (Lipinski definition) is 4. The first-order valence-corrected chi connectivity index (χ1v) is 7.34. The van der Waals surface area contributed by atoms with Crippen molar-refractivity contribution >= 4 is 22.9 Å². The molecule has 0 spiro atoms. The van der Waals surface area contributed by atoms with Gasteiger partial charge in [0.1, 0.15) is 4.88 Å². The normalized spacial score (nSPS) is 20.2. The van der Waals surface area contributed by atoms with Crippen molar-refractivity contribution in [1.29, 1.82) is 0 Å². The summed E-state index contributed by atoms with van der Waals surface area (Å²) in [4.78, 5) is 17.2. The standard InChI is InChI=1S/C13H21N3OS/c1-3-16-7-4-5-10(16)9-15(2)13(17)12-11(14)6-8-18-12/h6,8,10H,3-5,7,9,14H2,1-2H3. The van der Waals surface area contributed by atoms with Gasteiger partial charge < -0.3 is 10.6 Å². The molecule has 1 saturated heterocycles. The van der Waals surface area contributed by atoms with E-state index in [1.165, 1.54) is 24.2 Å². The van der Waals surface area contributed by atoms with E-state index >= 15 is 0 Å². The fourth-order valence-electron chi connectivity index (χ4n) is 2.58. The molecular formula is C13H21N3OS. The summed E-state index contributed by atoms with van der Waals surface area (Å²) in [5.41, 5.74) is 6.39. The first-order valence-electron chi connectivity index (χ1n) is 6.46. The van der Waals surface area contributed by atoms with Gasteiger partial charge in [0, 0.05) is 19.6 Å². The number of anilines is 1. The van der Waals surface area contributed by atoms with Crippen LogP contribution < -0.4 is 5.73 Å². The van der Waals surface area contributed by atoms with Crippen molar-refractivity contribution in [1.82, 2.24) is 9.80 Å². The molecule has 2 N–H and O–H groups in total. The zero-order valence-corrected chi connectivity index (χ0v) is 11.9. The Morgan fingerprint density at radius 1 is 1.67 bits per heavy atom. The number of rotatable bonds is 4. The zero-order valence-electron chi connectivity index (χ0n) is 11.1. The number of likely N-dealkylation sites (tertiary alicyclic amines) is 1. The molecule has 4 nitrogen and oxygen atoms in total. The molecule has 2 rings (SSSR count). The molecule has 5 heteroatoms. The maximum atomic E-state index is 12.2. The average molecular weight is 267 g/mol. The minimum absolute atomic E-state index is 0.0467. The van der Waals surface area contributed by atoms with Crippen molar-refractivity contribution in [2.75, 3.05) is 32.4 Å². The lowest BCUT2D eigenvalue weighted by molar-refractivity contribution is 0.0760. The summed E-state index contributed by atoms with van der Waals surface area (Å²) in [7, 11) is 1.87.